The van der Waals surface area contributed by atoms with Crippen molar-refractivity contribution in [2.45, 2.75) is 58.7 Å². The van der Waals surface area contributed by atoms with Gasteiger partial charge in [-0.3, -0.25) is 0 Å². The zero-order chi connectivity index (χ0) is 15.4. The second-order valence-electron chi connectivity index (χ2n) is 7.35. The molecule has 0 heterocycles. The summed E-state index contributed by atoms with van der Waals surface area (Å²) in [6.45, 7) is 4.69. The average Bonchev–Trinajstić information content (AvgIpc) is 3.14. The largest absolute Gasteiger partial charge is 1.00 e. The molecule has 0 saturated heterocycles. The maximum atomic E-state index is 2.64. The van der Waals surface area contributed by atoms with Crippen molar-refractivity contribution in [3.63, 3.8) is 0 Å². The molecule has 0 nitrogen and oxygen atoms in total. The van der Waals surface area contributed by atoms with Gasteiger partial charge < -0.3 is 24.8 Å². The Morgan fingerprint density at radius 3 is 1.26 bits per heavy atom. The van der Waals surface area contributed by atoms with Gasteiger partial charge in [0.1, 0.15) is 0 Å². The Labute approximate surface area is 164 Å². The van der Waals surface area contributed by atoms with Gasteiger partial charge in [-0.25, -0.2) is 0 Å². The van der Waals surface area contributed by atoms with Crippen LogP contribution in [-0.4, -0.2) is 14.9 Å². The maximum Gasteiger partial charge on any atom is -1.00 e. The zero-order valence-electron chi connectivity index (χ0n) is 15.1. The van der Waals surface area contributed by atoms with E-state index in [1.165, 1.54) is 53.4 Å². The van der Waals surface area contributed by atoms with E-state index in [1.807, 2.05) is 0 Å². The molecule has 0 radical (unpaired) electrons. The van der Waals surface area contributed by atoms with Crippen LogP contribution in [0.3, 0.4) is 0 Å². The van der Waals surface area contributed by atoms with Crippen LogP contribution in [0.1, 0.15) is 52.4 Å². The first-order valence-corrected chi connectivity index (χ1v) is 35.9. The molecule has 0 aromatic rings. The summed E-state index contributed by atoms with van der Waals surface area (Å²) < 4.78 is 1.10. The third kappa shape index (κ3) is 4.52. The van der Waals surface area contributed by atoms with Crippen molar-refractivity contribution >= 4 is 14.9 Å². The molecular formula is C18H32Cl2HfSi2-2. The topological polar surface area (TPSA) is 0 Å². The van der Waals surface area contributed by atoms with E-state index in [2.05, 4.69) is 62.5 Å². The molecule has 2 aliphatic rings. The molecule has 0 aromatic carbocycles. The van der Waals surface area contributed by atoms with Crippen molar-refractivity contribution < 1.29 is 43.1 Å². The van der Waals surface area contributed by atoms with Crippen LogP contribution in [0.2, 0.25) is 6.34 Å². The molecule has 0 fully saturated rings. The number of hydrogen-bond donors (Lipinski definition) is 0. The van der Waals surface area contributed by atoms with Gasteiger partial charge in [0.15, 0.2) is 0 Å². The van der Waals surface area contributed by atoms with Gasteiger partial charge in [0.25, 0.3) is 0 Å². The molecule has 0 saturated carbocycles. The molecule has 132 valence electrons. The summed E-state index contributed by atoms with van der Waals surface area (Å²) in [5.74, 6) is 0. The van der Waals surface area contributed by atoms with Gasteiger partial charge in [0, 0.05) is 0 Å². The van der Waals surface area contributed by atoms with Crippen molar-refractivity contribution in [3.05, 3.63) is 48.6 Å². The van der Waals surface area contributed by atoms with E-state index in [0.29, 0.717) is 6.34 Å². The quantitative estimate of drug-likeness (QED) is 0.296. The predicted molar refractivity (Wildman–Crippen MR) is 101 cm³/mol. The fraction of sp³-hybridized carbons (Fsp3) is 0.556. The molecule has 23 heavy (non-hydrogen) atoms. The molecule has 5 heteroatoms. The van der Waals surface area contributed by atoms with E-state index < -0.39 is 18.3 Å². The summed E-state index contributed by atoms with van der Waals surface area (Å²) in [6.07, 6.45) is 28.3. The molecule has 0 spiro atoms. The van der Waals surface area contributed by atoms with Gasteiger partial charge in [-0.1, -0.05) is 0 Å². The summed E-state index contributed by atoms with van der Waals surface area (Å²) in [7, 11) is 2.99. The van der Waals surface area contributed by atoms with Crippen LogP contribution in [0.15, 0.2) is 48.6 Å². The van der Waals surface area contributed by atoms with Crippen LogP contribution < -0.4 is 24.8 Å². The predicted octanol–water partition coefficient (Wildman–Crippen LogP) is -2.34. The van der Waals surface area contributed by atoms with E-state index in [9.17, 15) is 0 Å². The van der Waals surface area contributed by atoms with Crippen LogP contribution in [0, 0.1) is 0 Å². The molecule has 0 unspecified atom stereocenters. The minimum Gasteiger partial charge on any atom is -1.00 e. The summed E-state index contributed by atoms with van der Waals surface area (Å²) in [5, 5.41) is 0. The molecule has 0 bridgehead atoms. The fourth-order valence-corrected chi connectivity index (χ4v) is 39.5. The van der Waals surface area contributed by atoms with E-state index in [-0.39, 0.29) is 24.8 Å². The monoisotopic (exact) mass is 554 g/mol. The third-order valence-electron chi connectivity index (χ3n) is 6.01. The Morgan fingerprint density at radius 1 is 0.696 bits per heavy atom. The van der Waals surface area contributed by atoms with Crippen molar-refractivity contribution in [2.75, 3.05) is 0 Å². The fourth-order valence-electron chi connectivity index (χ4n) is 4.18. The van der Waals surface area contributed by atoms with Gasteiger partial charge in [0.05, 0.1) is 0 Å². The SMILES string of the molecule is CCCC[C]1([Hf]([SiH3])([SiH3])[C]2(CCCC)C=CC=C2)C=CC=C1.[Cl-].[Cl-]. The Kier molecular flexibility index (Phi) is 10.5. The van der Waals surface area contributed by atoms with E-state index in [4.69, 9.17) is 0 Å². The molecule has 0 aromatic heterocycles. The van der Waals surface area contributed by atoms with Crippen molar-refractivity contribution in [3.8, 4) is 0 Å². The van der Waals surface area contributed by atoms with Crippen LogP contribution in [-0.2, 0) is 18.3 Å². The summed E-state index contributed by atoms with van der Waals surface area (Å²) in [6, 6.07) is 0. The first kappa shape index (κ1) is 23.8. The van der Waals surface area contributed by atoms with Gasteiger partial charge in [0.2, 0.25) is 0 Å². The normalized spacial score (nSPS) is 19.9. The molecule has 0 N–H and O–H groups in total. The Bertz CT molecular complexity index is 415. The van der Waals surface area contributed by atoms with Crippen LogP contribution in [0.4, 0.5) is 0 Å². The average molecular weight is 554 g/mol. The second-order valence-corrected chi connectivity index (χ2v) is 74.8. The first-order valence-electron chi connectivity index (χ1n) is 8.78. The summed E-state index contributed by atoms with van der Waals surface area (Å²) in [5.41, 5.74) is 0. The van der Waals surface area contributed by atoms with Crippen molar-refractivity contribution in [1.82, 2.24) is 0 Å². The Hall–Kier alpha value is 0.844. The number of hydrogen-bond acceptors (Lipinski definition) is 0. The number of allylic oxidation sites excluding steroid dienone is 8. The summed E-state index contributed by atoms with van der Waals surface area (Å²) >= 11 is -2.34. The van der Waals surface area contributed by atoms with Gasteiger partial charge >= 0.3 is 140 Å². The van der Waals surface area contributed by atoms with E-state index in [1.54, 1.807) is 0 Å². The van der Waals surface area contributed by atoms with Gasteiger partial charge in [-0.2, -0.15) is 0 Å². The van der Waals surface area contributed by atoms with Crippen molar-refractivity contribution in [1.29, 1.82) is 0 Å². The number of halogens is 2. The molecular weight excluding hydrogens is 522 g/mol. The Morgan fingerprint density at radius 2 is 1.00 bits per heavy atom. The number of unbranched alkanes of at least 4 members (excludes halogenated alkanes) is 2. The molecule has 2 rings (SSSR count). The summed E-state index contributed by atoms with van der Waals surface area (Å²) in [4.78, 5) is 0. The smallest absolute Gasteiger partial charge is 1.00 e. The first-order chi connectivity index (χ1) is 10.0. The standard InChI is InChI=1S/2C9H13.2ClH.Hf.2H3Si/c2*1-2-3-6-9-7-4-5-8-9;;;;;/h2*4-5,7-8H,2-3,6H2,1H3;2*1H;;2*1H3/p-2. The van der Waals surface area contributed by atoms with Gasteiger partial charge in [-0.05, 0) is 0 Å². The van der Waals surface area contributed by atoms with E-state index in [0.717, 1.165) is 0 Å². The zero-order valence-corrected chi connectivity index (χ0v) is 24.2. The Balaban J connectivity index is 0.00000242. The molecule has 2 aliphatic carbocycles. The second kappa shape index (κ2) is 10.1. The minimum absolute atomic E-state index is 0. The third-order valence-corrected chi connectivity index (χ3v) is 57.4. The number of rotatable bonds is 8. The molecule has 0 aliphatic heterocycles. The maximum absolute atomic E-state index is 2.64. The van der Waals surface area contributed by atoms with E-state index >= 15 is 0 Å². The molecule has 0 amide bonds. The van der Waals surface area contributed by atoms with Crippen molar-refractivity contribution in [2.24, 2.45) is 0 Å². The minimum atomic E-state index is -2.34. The van der Waals surface area contributed by atoms with Crippen LogP contribution in [0.25, 0.3) is 0 Å². The van der Waals surface area contributed by atoms with Crippen LogP contribution >= 0.6 is 0 Å². The van der Waals surface area contributed by atoms with Crippen LogP contribution in [0.5, 0.6) is 0 Å². The molecule has 0 atom stereocenters. The van der Waals surface area contributed by atoms with Gasteiger partial charge in [-0.15, -0.1) is 0 Å².